The molecular weight excluding hydrogens is 1630 g/mol. The van der Waals surface area contributed by atoms with Gasteiger partial charge in [-0.15, -0.1) is 0 Å². The maximum absolute atomic E-state index is 14.6. The maximum atomic E-state index is 14.6. The van der Waals surface area contributed by atoms with E-state index in [-0.39, 0.29) is 49.6 Å². The molecule has 23 N–H and O–H groups in total. The van der Waals surface area contributed by atoms with E-state index in [1.165, 1.54) is 109 Å². The largest absolute Gasteiger partial charge is 0.508 e. The quantitative estimate of drug-likeness (QED) is 0.0321. The Balaban J connectivity index is 3.45. The molecular formula is C82H135N15O25S. The van der Waals surface area contributed by atoms with Gasteiger partial charge in [-0.05, 0) is 76.0 Å². The highest BCUT2D eigenvalue weighted by atomic mass is 32.1. The van der Waals surface area contributed by atoms with Crippen molar-refractivity contribution in [2.75, 3.05) is 18.8 Å². The van der Waals surface area contributed by atoms with Crippen LogP contribution < -0.4 is 80.6 Å². The van der Waals surface area contributed by atoms with E-state index in [1.54, 1.807) is 0 Å². The van der Waals surface area contributed by atoms with Gasteiger partial charge in [0.1, 0.15) is 72.2 Å². The number of rotatable bonds is 70. The van der Waals surface area contributed by atoms with Crippen molar-refractivity contribution in [2.45, 2.75) is 339 Å². The zero-order valence-electron chi connectivity index (χ0n) is 71.7. The highest BCUT2D eigenvalue weighted by Gasteiger charge is 2.38. The molecule has 0 bridgehead atoms. The predicted octanol–water partition coefficient (Wildman–Crippen LogP) is 1.10. The summed E-state index contributed by atoms with van der Waals surface area (Å²) in [6, 6.07) is -14.0. The van der Waals surface area contributed by atoms with Gasteiger partial charge in [0, 0.05) is 63.8 Å². The molecule has 0 spiro atoms. The fourth-order valence-electron chi connectivity index (χ4n) is 12.7. The zero-order chi connectivity index (χ0) is 92.5. The Morgan fingerprint density at radius 2 is 0.715 bits per heavy atom. The fourth-order valence-corrected chi connectivity index (χ4v) is 12.9. The third-order valence-electron chi connectivity index (χ3n) is 19.9. The van der Waals surface area contributed by atoms with E-state index in [4.69, 9.17) is 16.6 Å². The van der Waals surface area contributed by atoms with Gasteiger partial charge in [-0.2, -0.15) is 12.6 Å². The minimum atomic E-state index is -1.90. The number of hydrogen-bond acceptors (Lipinski definition) is 22. The number of benzene rings is 1. The average Bonchev–Trinajstić information content (AvgIpc) is 0.850. The number of carbonyl (C=O) groups excluding carboxylic acids is 15. The number of thiol groups is 1. The minimum absolute atomic E-state index is 0.0949. The molecule has 694 valence electrons. The first-order chi connectivity index (χ1) is 58.2. The second-order valence-corrected chi connectivity index (χ2v) is 31.5. The van der Waals surface area contributed by atoms with E-state index < -0.39 is 255 Å². The van der Waals surface area contributed by atoms with Crippen LogP contribution in [0.1, 0.15) is 265 Å². The van der Waals surface area contributed by atoms with E-state index in [2.05, 4.69) is 90.3 Å². The predicted molar refractivity (Wildman–Crippen MR) is 452 cm³/mol. The Morgan fingerprint density at radius 3 is 1.16 bits per heavy atom. The molecule has 0 aliphatic rings. The van der Waals surface area contributed by atoms with E-state index >= 15 is 0 Å². The van der Waals surface area contributed by atoms with Crippen molar-refractivity contribution < 1.29 is 122 Å². The van der Waals surface area contributed by atoms with Gasteiger partial charge in [-0.1, -0.05) is 168 Å². The van der Waals surface area contributed by atoms with Gasteiger partial charge in [0.05, 0.1) is 18.9 Å². The van der Waals surface area contributed by atoms with Gasteiger partial charge in [0.15, 0.2) is 0 Å². The maximum Gasteiger partial charge on any atom is 0.305 e. The minimum Gasteiger partial charge on any atom is -0.508 e. The first-order valence-electron chi connectivity index (χ1n) is 42.6. The lowest BCUT2D eigenvalue weighted by Gasteiger charge is -2.29. The molecule has 0 aromatic heterocycles. The third-order valence-corrected chi connectivity index (χ3v) is 20.2. The number of aromatic hydroxyl groups is 1. The van der Waals surface area contributed by atoms with Crippen LogP contribution in [0, 0.1) is 5.92 Å². The van der Waals surface area contributed by atoms with Gasteiger partial charge in [0.25, 0.3) is 0 Å². The van der Waals surface area contributed by atoms with Crippen molar-refractivity contribution in [3.05, 3.63) is 29.8 Å². The van der Waals surface area contributed by atoms with Crippen molar-refractivity contribution in [3.63, 3.8) is 0 Å². The number of carbonyl (C=O) groups is 19. The highest BCUT2D eigenvalue weighted by Crippen LogP contribution is 2.18. The molecule has 15 amide bonds. The van der Waals surface area contributed by atoms with Crippen LogP contribution in [0.15, 0.2) is 24.3 Å². The van der Waals surface area contributed by atoms with E-state index in [0.29, 0.717) is 12.8 Å². The smallest absolute Gasteiger partial charge is 0.305 e. The lowest BCUT2D eigenvalue weighted by atomic mass is 10.00. The van der Waals surface area contributed by atoms with Crippen molar-refractivity contribution in [1.29, 1.82) is 0 Å². The van der Waals surface area contributed by atoms with Gasteiger partial charge in [0.2, 0.25) is 88.6 Å². The second kappa shape index (κ2) is 63.2. The van der Waals surface area contributed by atoms with Crippen molar-refractivity contribution in [3.8, 4) is 5.75 Å². The van der Waals surface area contributed by atoms with Crippen LogP contribution in [0.2, 0.25) is 0 Å². The summed E-state index contributed by atoms with van der Waals surface area (Å²) in [5.41, 5.74) is 10.8. The molecule has 123 heavy (non-hydrogen) atoms. The van der Waals surface area contributed by atoms with Crippen LogP contribution in [-0.4, -0.2) is 235 Å². The lowest BCUT2D eigenvalue weighted by Crippen LogP contribution is -2.61. The SMILES string of the molecule is CCCCCCCCCCCCCC(=O)NCC(NC(=O)CCCCCCCCCCCCC)C(=O)NCCCC(=O)N[C@@H](CC(=O)O)C(=O)N[C@@H](Cc1ccc(O)cc1)C(=O)N[C@@H](CCC(=O)O)C(=O)N[C@H](C(=O)N[C@@H](CCC(=O)O)C(=O)N[C@@H](CCC(N)=O)C(=O)N[C@@H](C)C(=O)N[C@@H](CS)C(=O)N[C@H](C(=O)N[C@@H](CC(=O)O)C(N)=O)[C@@H](C)O)C(C)C. The lowest BCUT2D eigenvalue weighted by molar-refractivity contribution is -0.141. The van der Waals surface area contributed by atoms with Crippen LogP contribution >= 0.6 is 12.6 Å². The summed E-state index contributed by atoms with van der Waals surface area (Å²) in [7, 11) is 0. The molecule has 0 radical (unpaired) electrons. The average molecular weight is 1760 g/mol. The monoisotopic (exact) mass is 1760 g/mol. The Labute approximate surface area is 723 Å². The van der Waals surface area contributed by atoms with Crippen molar-refractivity contribution in [2.24, 2.45) is 17.4 Å². The molecule has 0 heterocycles. The van der Waals surface area contributed by atoms with Crippen LogP contribution in [-0.2, 0) is 97.5 Å². The number of amides is 15. The normalized spacial score (nSPS) is 14.0. The molecule has 1 rings (SSSR count). The van der Waals surface area contributed by atoms with E-state index in [9.17, 15) is 117 Å². The molecule has 1 unspecified atom stereocenters. The topological polar surface area (TPSA) is 654 Å². The number of phenols is 1. The number of aliphatic hydroxyl groups is 1. The van der Waals surface area contributed by atoms with Gasteiger partial charge in [-0.3, -0.25) is 91.1 Å². The van der Waals surface area contributed by atoms with Crippen molar-refractivity contribution >= 4 is 125 Å². The Kier molecular flexibility index (Phi) is 56.7. The summed E-state index contributed by atoms with van der Waals surface area (Å²) in [5.74, 6) is -23.3. The molecule has 12 atom stereocenters. The second-order valence-electron chi connectivity index (χ2n) is 31.1. The molecule has 0 saturated carbocycles. The number of aliphatic hydroxyl groups excluding tert-OH is 1. The molecule has 1 aromatic carbocycles. The molecule has 40 nitrogen and oxygen atoms in total. The van der Waals surface area contributed by atoms with Crippen LogP contribution in [0.25, 0.3) is 0 Å². The fraction of sp³-hybridized carbons (Fsp3) is 0.695. The Hall–Kier alpha value is -10.7. The van der Waals surface area contributed by atoms with Crippen LogP contribution in [0.5, 0.6) is 5.75 Å². The number of nitrogens with two attached hydrogens (primary N) is 2. The summed E-state index contributed by atoms with van der Waals surface area (Å²) in [5, 5.41) is 89.9. The molecule has 1 aromatic rings. The van der Waals surface area contributed by atoms with E-state index in [1.807, 2.05) is 5.32 Å². The Bertz CT molecular complexity index is 3570. The first kappa shape index (κ1) is 110. The number of hydrogen-bond donors (Lipinski definition) is 22. The van der Waals surface area contributed by atoms with Crippen LogP contribution in [0.4, 0.5) is 0 Å². The van der Waals surface area contributed by atoms with Gasteiger partial charge < -0.3 is 111 Å². The Morgan fingerprint density at radius 1 is 0.350 bits per heavy atom. The van der Waals surface area contributed by atoms with Gasteiger partial charge >= 0.3 is 23.9 Å². The van der Waals surface area contributed by atoms with Crippen molar-refractivity contribution in [1.82, 2.24) is 69.1 Å². The number of primary amides is 2. The molecule has 0 fully saturated rings. The summed E-state index contributed by atoms with van der Waals surface area (Å²) < 4.78 is 0. The highest BCUT2D eigenvalue weighted by molar-refractivity contribution is 7.80. The summed E-state index contributed by atoms with van der Waals surface area (Å²) in [6.45, 7) is 8.90. The number of aliphatic carboxylic acids is 4. The molecule has 0 saturated heterocycles. The van der Waals surface area contributed by atoms with Crippen LogP contribution in [0.3, 0.4) is 0 Å². The standard InChI is InChI=1S/C82H135N15O25S/c1-7-9-11-13-15-17-19-21-23-25-27-30-63(101)86-47-60(89-64(102)31-28-26-24-22-20-18-16-14-12-10-8-2)74(114)85-43-29-32-65(103)88-59(46-69(110)111)79(119)94-58(44-52-33-35-53(99)36-34-52)78(118)91-56(39-42-67(106)107)77(117)96-70(49(3)4)81(121)92-55(38-41-66(104)105)76(116)90-54(37-40-62(83)100)75(115)87-50(5)73(113)95-61(48-123)80(120)97-71(51(6)98)82(122)93-57(72(84)112)45-68(108)109/h33-36,49-51,54-61,70-71,98-99,123H,7-32,37-48H2,1-6H3,(H2,83,100)(H2,84,112)(H,85,114)(H,86,101)(H,87,115)(H,88,103)(H,89,102)(H,90,116)(H,91,118)(H,92,121)(H,93,122)(H,94,119)(H,95,113)(H,96,117)(H,97,120)(H,104,105)(H,106,107)(H,108,109)(H,110,111)/t50-,51+,54-,55-,56-,57-,58-,59-,60?,61-,70-,71-/m0/s1. The number of carboxylic acid groups (broad SMARTS) is 4. The zero-order valence-corrected chi connectivity index (χ0v) is 72.6. The molecule has 0 aliphatic carbocycles. The van der Waals surface area contributed by atoms with E-state index in [0.717, 1.165) is 71.6 Å². The summed E-state index contributed by atoms with van der Waals surface area (Å²) >= 11 is 4.06. The number of phenolic OH excluding ortho intramolecular Hbond substituents is 1. The summed E-state index contributed by atoms with van der Waals surface area (Å²) in [4.78, 5) is 251. The molecule has 0 aliphatic heterocycles. The number of unbranched alkanes of at least 4 members (excludes halogenated alkanes) is 20. The third kappa shape index (κ3) is 50.4. The number of nitrogens with one attached hydrogen (secondary N) is 13. The first-order valence-corrected chi connectivity index (χ1v) is 43.2. The summed E-state index contributed by atoms with van der Waals surface area (Å²) in [6.07, 6.45) is 15.1. The number of carboxylic acids is 4. The van der Waals surface area contributed by atoms with Gasteiger partial charge in [-0.25, -0.2) is 0 Å². The molecule has 41 heteroatoms.